The lowest BCUT2D eigenvalue weighted by Gasteiger charge is -2.40. The molecule has 2 fully saturated rings. The predicted molar refractivity (Wildman–Crippen MR) is 68.0 cm³/mol. The van der Waals surface area contributed by atoms with Gasteiger partial charge >= 0.3 is 0 Å². The Morgan fingerprint density at radius 3 is 2.94 bits per heavy atom. The molecule has 3 nitrogen and oxygen atoms in total. The third kappa shape index (κ3) is 3.29. The maximum atomic E-state index is 11.9. The molecule has 3 unspecified atom stereocenters. The summed E-state index contributed by atoms with van der Waals surface area (Å²) in [6, 6.07) is 0.515. The monoisotopic (exact) mass is 239 g/mol. The molecular formula is C14H25NO2. The zero-order valence-corrected chi connectivity index (χ0v) is 11.2. The summed E-state index contributed by atoms with van der Waals surface area (Å²) in [6.45, 7) is 7.12. The van der Waals surface area contributed by atoms with Crippen molar-refractivity contribution >= 4 is 5.78 Å². The maximum absolute atomic E-state index is 11.9. The fraction of sp³-hybridized carbons (Fsp3) is 0.929. The van der Waals surface area contributed by atoms with Gasteiger partial charge in [-0.25, -0.2) is 0 Å². The summed E-state index contributed by atoms with van der Waals surface area (Å²) in [5, 5.41) is 0. The molecule has 0 radical (unpaired) electrons. The van der Waals surface area contributed by atoms with E-state index < -0.39 is 0 Å². The van der Waals surface area contributed by atoms with Crippen LogP contribution in [0.15, 0.2) is 0 Å². The second-order valence-corrected chi connectivity index (χ2v) is 5.57. The summed E-state index contributed by atoms with van der Waals surface area (Å²) in [6.07, 6.45) is 5.67. The topological polar surface area (TPSA) is 29.5 Å². The van der Waals surface area contributed by atoms with Gasteiger partial charge in [-0.05, 0) is 26.2 Å². The Labute approximate surface area is 105 Å². The van der Waals surface area contributed by atoms with Crippen molar-refractivity contribution in [3.05, 3.63) is 0 Å². The van der Waals surface area contributed by atoms with Crippen LogP contribution in [0.3, 0.4) is 0 Å². The third-order valence-corrected chi connectivity index (χ3v) is 4.19. The lowest BCUT2D eigenvalue weighted by atomic mass is 9.87. The van der Waals surface area contributed by atoms with Gasteiger partial charge in [0.05, 0.1) is 12.7 Å². The molecule has 0 N–H and O–H groups in total. The SMILES string of the molecule is CCC1COC(C)CN1CC1CCCCC1=O. The van der Waals surface area contributed by atoms with Crippen LogP contribution < -0.4 is 0 Å². The standard InChI is InChI=1S/C14H25NO2/c1-3-13-10-17-11(2)8-15(13)9-12-6-4-5-7-14(12)16/h11-13H,3-10H2,1-2H3. The molecular weight excluding hydrogens is 214 g/mol. The van der Waals surface area contributed by atoms with Gasteiger partial charge in [-0.2, -0.15) is 0 Å². The van der Waals surface area contributed by atoms with Crippen LogP contribution in [-0.4, -0.2) is 42.5 Å². The van der Waals surface area contributed by atoms with E-state index in [0.717, 1.165) is 45.4 Å². The normalized spacial score (nSPS) is 36.1. The van der Waals surface area contributed by atoms with Crippen LogP contribution in [0.5, 0.6) is 0 Å². The third-order valence-electron chi connectivity index (χ3n) is 4.19. The number of rotatable bonds is 3. The molecule has 98 valence electrons. The van der Waals surface area contributed by atoms with Crippen LogP contribution in [0.25, 0.3) is 0 Å². The zero-order chi connectivity index (χ0) is 12.3. The van der Waals surface area contributed by atoms with Crippen LogP contribution >= 0.6 is 0 Å². The predicted octanol–water partition coefficient (Wildman–Crippen LogP) is 2.25. The summed E-state index contributed by atoms with van der Waals surface area (Å²) >= 11 is 0. The minimum Gasteiger partial charge on any atom is -0.376 e. The van der Waals surface area contributed by atoms with Gasteiger partial charge in [0.1, 0.15) is 5.78 Å². The molecule has 1 heterocycles. The van der Waals surface area contributed by atoms with Crippen LogP contribution in [0.4, 0.5) is 0 Å². The molecule has 0 aromatic carbocycles. The summed E-state index contributed by atoms with van der Waals surface area (Å²) in [4.78, 5) is 14.4. The van der Waals surface area contributed by atoms with E-state index in [1.165, 1.54) is 6.42 Å². The van der Waals surface area contributed by atoms with Crippen molar-refractivity contribution in [3.8, 4) is 0 Å². The first-order valence-electron chi connectivity index (χ1n) is 7.09. The minimum absolute atomic E-state index is 0.295. The molecule has 3 heteroatoms. The van der Waals surface area contributed by atoms with Crippen molar-refractivity contribution in [1.82, 2.24) is 4.90 Å². The Balaban J connectivity index is 1.92. The number of carbonyl (C=O) groups is 1. The average Bonchev–Trinajstić information content (AvgIpc) is 2.32. The van der Waals surface area contributed by atoms with Gasteiger partial charge in [0.2, 0.25) is 0 Å². The Hall–Kier alpha value is -0.410. The van der Waals surface area contributed by atoms with E-state index in [4.69, 9.17) is 4.74 Å². The fourth-order valence-corrected chi connectivity index (χ4v) is 3.04. The van der Waals surface area contributed by atoms with E-state index in [9.17, 15) is 4.79 Å². The number of carbonyl (C=O) groups excluding carboxylic acids is 1. The first-order chi connectivity index (χ1) is 8.20. The van der Waals surface area contributed by atoms with Crippen molar-refractivity contribution in [3.63, 3.8) is 0 Å². The van der Waals surface area contributed by atoms with E-state index in [2.05, 4.69) is 18.7 Å². The molecule has 1 aliphatic heterocycles. The van der Waals surface area contributed by atoms with Crippen molar-refractivity contribution in [2.24, 2.45) is 5.92 Å². The first kappa shape index (κ1) is 13.0. The second-order valence-electron chi connectivity index (χ2n) is 5.57. The van der Waals surface area contributed by atoms with Gasteiger partial charge in [-0.15, -0.1) is 0 Å². The quantitative estimate of drug-likeness (QED) is 0.756. The number of hydrogen-bond acceptors (Lipinski definition) is 3. The molecule has 3 atom stereocenters. The van der Waals surface area contributed by atoms with E-state index in [1.54, 1.807) is 0 Å². The van der Waals surface area contributed by atoms with Gasteiger partial charge in [-0.3, -0.25) is 9.69 Å². The molecule has 0 aromatic rings. The van der Waals surface area contributed by atoms with Crippen molar-refractivity contribution in [2.45, 2.75) is 58.1 Å². The van der Waals surface area contributed by atoms with E-state index in [-0.39, 0.29) is 0 Å². The molecule has 0 aromatic heterocycles. The van der Waals surface area contributed by atoms with E-state index >= 15 is 0 Å². The number of nitrogens with zero attached hydrogens (tertiary/aromatic N) is 1. The lowest BCUT2D eigenvalue weighted by Crippen LogP contribution is -2.51. The highest BCUT2D eigenvalue weighted by Crippen LogP contribution is 2.24. The number of ketones is 1. The van der Waals surface area contributed by atoms with Gasteiger partial charge in [0, 0.05) is 31.5 Å². The molecule has 0 spiro atoms. The van der Waals surface area contributed by atoms with Crippen molar-refractivity contribution in [2.75, 3.05) is 19.7 Å². The maximum Gasteiger partial charge on any atom is 0.137 e. The number of morpholine rings is 1. The molecule has 0 amide bonds. The zero-order valence-electron chi connectivity index (χ0n) is 11.2. The summed E-state index contributed by atoms with van der Waals surface area (Å²) in [7, 11) is 0. The van der Waals surface area contributed by atoms with Crippen molar-refractivity contribution < 1.29 is 9.53 Å². The van der Waals surface area contributed by atoms with Crippen molar-refractivity contribution in [1.29, 1.82) is 0 Å². The Kier molecular flexibility index (Phi) is 4.57. The summed E-state index contributed by atoms with van der Waals surface area (Å²) < 4.78 is 5.70. The van der Waals surface area contributed by atoms with E-state index in [1.807, 2.05) is 0 Å². The van der Waals surface area contributed by atoms with Gasteiger partial charge in [-0.1, -0.05) is 13.3 Å². The molecule has 0 bridgehead atoms. The van der Waals surface area contributed by atoms with Crippen LogP contribution in [-0.2, 0) is 9.53 Å². The number of Topliss-reactive ketones (excluding diaryl/α,β-unsaturated/α-hetero) is 1. The highest BCUT2D eigenvalue weighted by atomic mass is 16.5. The highest BCUT2D eigenvalue weighted by Gasteiger charge is 2.30. The van der Waals surface area contributed by atoms with E-state index in [0.29, 0.717) is 23.8 Å². The highest BCUT2D eigenvalue weighted by molar-refractivity contribution is 5.81. The molecule has 17 heavy (non-hydrogen) atoms. The Morgan fingerprint density at radius 1 is 1.41 bits per heavy atom. The smallest absolute Gasteiger partial charge is 0.137 e. The van der Waals surface area contributed by atoms with Crippen LogP contribution in [0.1, 0.15) is 46.0 Å². The van der Waals surface area contributed by atoms with Crippen LogP contribution in [0, 0.1) is 5.92 Å². The number of ether oxygens (including phenoxy) is 1. The summed E-state index contributed by atoms with van der Waals surface area (Å²) in [5.41, 5.74) is 0. The Bertz CT molecular complexity index is 267. The van der Waals surface area contributed by atoms with Crippen LogP contribution in [0.2, 0.25) is 0 Å². The van der Waals surface area contributed by atoms with Gasteiger partial charge < -0.3 is 4.74 Å². The Morgan fingerprint density at radius 2 is 2.24 bits per heavy atom. The average molecular weight is 239 g/mol. The molecule has 1 saturated carbocycles. The fourth-order valence-electron chi connectivity index (χ4n) is 3.04. The van der Waals surface area contributed by atoms with Gasteiger partial charge in [0.15, 0.2) is 0 Å². The first-order valence-corrected chi connectivity index (χ1v) is 7.09. The molecule has 2 rings (SSSR count). The summed E-state index contributed by atoms with van der Waals surface area (Å²) in [5.74, 6) is 0.786. The second kappa shape index (κ2) is 5.96. The lowest BCUT2D eigenvalue weighted by molar-refractivity contribution is -0.127. The molecule has 2 aliphatic rings. The molecule has 1 saturated heterocycles. The van der Waals surface area contributed by atoms with Gasteiger partial charge in [0.25, 0.3) is 0 Å². The molecule has 1 aliphatic carbocycles. The number of hydrogen-bond donors (Lipinski definition) is 0. The minimum atomic E-state index is 0.295. The largest absolute Gasteiger partial charge is 0.376 e.